The Labute approximate surface area is 117 Å². The molecule has 2 aromatic rings. The Morgan fingerprint density at radius 2 is 1.95 bits per heavy atom. The molecule has 0 saturated heterocycles. The fourth-order valence-electron chi connectivity index (χ4n) is 2.14. The molecule has 1 heterocycles. The molecule has 1 aromatic carbocycles. The number of aryl methyl sites for hydroxylation is 1. The van der Waals surface area contributed by atoms with Crippen molar-refractivity contribution in [2.24, 2.45) is 13.0 Å². The summed E-state index contributed by atoms with van der Waals surface area (Å²) in [5.74, 6) is -1.56. The maximum atomic E-state index is 12.2. The summed E-state index contributed by atoms with van der Waals surface area (Å²) in [4.78, 5) is 23.3. The van der Waals surface area contributed by atoms with Crippen LogP contribution in [0.25, 0.3) is 10.9 Å². The second-order valence-electron chi connectivity index (χ2n) is 5.23. The van der Waals surface area contributed by atoms with Crippen molar-refractivity contribution in [2.75, 3.05) is 0 Å². The first-order valence-electron chi connectivity index (χ1n) is 6.49. The van der Waals surface area contributed by atoms with E-state index in [1.54, 1.807) is 26.0 Å². The second-order valence-corrected chi connectivity index (χ2v) is 5.23. The summed E-state index contributed by atoms with van der Waals surface area (Å²) >= 11 is 0. The molecule has 5 nitrogen and oxygen atoms in total. The van der Waals surface area contributed by atoms with Gasteiger partial charge in [0.15, 0.2) is 0 Å². The molecule has 2 rings (SSSR count). The lowest BCUT2D eigenvalue weighted by atomic mass is 10.0. The summed E-state index contributed by atoms with van der Waals surface area (Å²) < 4.78 is 1.92. The van der Waals surface area contributed by atoms with Gasteiger partial charge in [0, 0.05) is 24.3 Å². The summed E-state index contributed by atoms with van der Waals surface area (Å²) in [6.07, 6.45) is 1.92. The average molecular weight is 274 g/mol. The smallest absolute Gasteiger partial charge is 0.326 e. The Hall–Kier alpha value is -2.30. The van der Waals surface area contributed by atoms with Crippen molar-refractivity contribution in [1.82, 2.24) is 9.88 Å². The molecule has 0 bridgehead atoms. The highest BCUT2D eigenvalue weighted by atomic mass is 16.4. The maximum absolute atomic E-state index is 12.2. The highest BCUT2D eigenvalue weighted by Crippen LogP contribution is 2.17. The lowest BCUT2D eigenvalue weighted by Crippen LogP contribution is -2.44. The van der Waals surface area contributed by atoms with Gasteiger partial charge in [0.05, 0.1) is 0 Å². The van der Waals surface area contributed by atoms with Crippen molar-refractivity contribution in [3.05, 3.63) is 36.0 Å². The van der Waals surface area contributed by atoms with Crippen LogP contribution in [0.1, 0.15) is 24.2 Å². The third-order valence-corrected chi connectivity index (χ3v) is 3.37. The number of rotatable bonds is 4. The standard InChI is InChI=1S/C15H18N2O3/c1-9(2)13(15(19)20)16-14(18)11-5-4-10-6-7-17(3)12(10)8-11/h4-9,13H,1-3H3,(H,16,18)(H,19,20). The van der Waals surface area contributed by atoms with Gasteiger partial charge >= 0.3 is 5.97 Å². The van der Waals surface area contributed by atoms with Crippen LogP contribution in [0, 0.1) is 5.92 Å². The summed E-state index contributed by atoms with van der Waals surface area (Å²) in [6.45, 7) is 3.53. The first-order valence-corrected chi connectivity index (χ1v) is 6.49. The van der Waals surface area contributed by atoms with Crippen LogP contribution in [0.3, 0.4) is 0 Å². The first-order chi connectivity index (χ1) is 9.40. The summed E-state index contributed by atoms with van der Waals surface area (Å²) in [5.41, 5.74) is 1.40. The number of nitrogens with zero attached hydrogens (tertiary/aromatic N) is 1. The Morgan fingerprint density at radius 1 is 1.25 bits per heavy atom. The Kier molecular flexibility index (Phi) is 3.79. The van der Waals surface area contributed by atoms with E-state index in [1.165, 1.54) is 0 Å². The van der Waals surface area contributed by atoms with E-state index in [4.69, 9.17) is 5.11 Å². The molecule has 0 spiro atoms. The number of carboxylic acids is 1. The van der Waals surface area contributed by atoms with Crippen molar-refractivity contribution in [1.29, 1.82) is 0 Å². The molecule has 1 unspecified atom stereocenters. The van der Waals surface area contributed by atoms with Gasteiger partial charge in [0.25, 0.3) is 5.91 Å². The number of carbonyl (C=O) groups is 2. The number of aromatic nitrogens is 1. The molecular weight excluding hydrogens is 256 g/mol. The van der Waals surface area contributed by atoms with Crippen molar-refractivity contribution >= 4 is 22.8 Å². The number of carboxylic acid groups (broad SMARTS) is 1. The fourth-order valence-corrected chi connectivity index (χ4v) is 2.14. The zero-order chi connectivity index (χ0) is 14.9. The van der Waals surface area contributed by atoms with Gasteiger partial charge < -0.3 is 15.0 Å². The van der Waals surface area contributed by atoms with Crippen LogP contribution in [-0.4, -0.2) is 27.6 Å². The van der Waals surface area contributed by atoms with Gasteiger partial charge in [-0.05, 0) is 29.5 Å². The summed E-state index contributed by atoms with van der Waals surface area (Å²) in [6, 6.07) is 6.41. The molecule has 0 fully saturated rings. The molecule has 0 aliphatic heterocycles. The van der Waals surface area contributed by atoms with Crippen LogP contribution >= 0.6 is 0 Å². The van der Waals surface area contributed by atoms with E-state index >= 15 is 0 Å². The quantitative estimate of drug-likeness (QED) is 0.896. The number of nitrogens with one attached hydrogen (secondary N) is 1. The van der Waals surface area contributed by atoms with Crippen molar-refractivity contribution in [3.63, 3.8) is 0 Å². The lowest BCUT2D eigenvalue weighted by Gasteiger charge is -2.17. The number of benzene rings is 1. The van der Waals surface area contributed by atoms with E-state index in [1.807, 2.05) is 29.9 Å². The van der Waals surface area contributed by atoms with Crippen LogP contribution < -0.4 is 5.32 Å². The monoisotopic (exact) mass is 274 g/mol. The van der Waals surface area contributed by atoms with Gasteiger partial charge in [-0.1, -0.05) is 19.9 Å². The van der Waals surface area contributed by atoms with E-state index < -0.39 is 12.0 Å². The van der Waals surface area contributed by atoms with Crippen molar-refractivity contribution in [2.45, 2.75) is 19.9 Å². The zero-order valence-corrected chi connectivity index (χ0v) is 11.8. The molecule has 1 atom stereocenters. The van der Waals surface area contributed by atoms with Gasteiger partial charge in [-0.15, -0.1) is 0 Å². The van der Waals surface area contributed by atoms with E-state index in [9.17, 15) is 9.59 Å². The van der Waals surface area contributed by atoms with Gasteiger partial charge in [-0.3, -0.25) is 4.79 Å². The molecule has 0 radical (unpaired) electrons. The minimum absolute atomic E-state index is 0.171. The normalized spacial score (nSPS) is 12.6. The molecule has 1 amide bonds. The van der Waals surface area contributed by atoms with Crippen LogP contribution in [0.4, 0.5) is 0 Å². The summed E-state index contributed by atoms with van der Waals surface area (Å²) in [5, 5.41) is 12.7. The number of hydrogen-bond acceptors (Lipinski definition) is 2. The molecule has 0 aliphatic carbocycles. The molecule has 0 aliphatic rings. The predicted molar refractivity (Wildman–Crippen MR) is 76.6 cm³/mol. The number of amides is 1. The number of fused-ring (bicyclic) bond motifs is 1. The van der Waals surface area contributed by atoms with Gasteiger partial charge in [-0.25, -0.2) is 4.79 Å². The highest BCUT2D eigenvalue weighted by molar-refractivity contribution is 5.99. The minimum Gasteiger partial charge on any atom is -0.480 e. The fraction of sp³-hybridized carbons (Fsp3) is 0.333. The number of aliphatic carboxylic acids is 1. The van der Waals surface area contributed by atoms with Crippen LogP contribution in [0.2, 0.25) is 0 Å². The van der Waals surface area contributed by atoms with Crippen LogP contribution in [0.15, 0.2) is 30.5 Å². The van der Waals surface area contributed by atoms with Crippen molar-refractivity contribution < 1.29 is 14.7 Å². The lowest BCUT2D eigenvalue weighted by molar-refractivity contribution is -0.140. The molecule has 0 saturated carbocycles. The maximum Gasteiger partial charge on any atom is 0.326 e. The Morgan fingerprint density at radius 3 is 2.55 bits per heavy atom. The third-order valence-electron chi connectivity index (χ3n) is 3.37. The van der Waals surface area contributed by atoms with E-state index in [2.05, 4.69) is 5.32 Å². The largest absolute Gasteiger partial charge is 0.480 e. The van der Waals surface area contributed by atoms with E-state index in [0.29, 0.717) is 5.56 Å². The first kappa shape index (κ1) is 14.1. The molecule has 106 valence electrons. The van der Waals surface area contributed by atoms with Crippen LogP contribution in [0.5, 0.6) is 0 Å². The average Bonchev–Trinajstić information content (AvgIpc) is 2.76. The third kappa shape index (κ3) is 2.66. The van der Waals surface area contributed by atoms with Gasteiger partial charge in [-0.2, -0.15) is 0 Å². The SMILES string of the molecule is CC(C)C(NC(=O)c1ccc2ccn(C)c2c1)C(=O)O. The molecule has 2 N–H and O–H groups in total. The predicted octanol–water partition coefficient (Wildman–Crippen LogP) is 2.02. The van der Waals surface area contributed by atoms with Gasteiger partial charge in [0.1, 0.15) is 6.04 Å². The molecule has 5 heteroatoms. The second kappa shape index (κ2) is 5.36. The number of hydrogen-bond donors (Lipinski definition) is 2. The zero-order valence-electron chi connectivity index (χ0n) is 11.8. The molecule has 1 aromatic heterocycles. The topological polar surface area (TPSA) is 71.3 Å². The van der Waals surface area contributed by atoms with Crippen LogP contribution in [-0.2, 0) is 11.8 Å². The highest BCUT2D eigenvalue weighted by Gasteiger charge is 2.24. The Balaban J connectivity index is 2.26. The minimum atomic E-state index is -1.02. The molecule has 20 heavy (non-hydrogen) atoms. The Bertz CT molecular complexity index is 658. The van der Waals surface area contributed by atoms with Gasteiger partial charge in [0.2, 0.25) is 0 Å². The van der Waals surface area contributed by atoms with E-state index in [-0.39, 0.29) is 11.8 Å². The van der Waals surface area contributed by atoms with E-state index in [0.717, 1.165) is 10.9 Å². The summed E-state index contributed by atoms with van der Waals surface area (Å²) in [7, 11) is 1.90. The molecular formula is C15H18N2O3. The number of carbonyl (C=O) groups excluding carboxylic acids is 1. The van der Waals surface area contributed by atoms with Crippen molar-refractivity contribution in [3.8, 4) is 0 Å².